The maximum atomic E-state index is 12.5. The Labute approximate surface area is 164 Å². The molecule has 0 amide bonds. The van der Waals surface area contributed by atoms with E-state index in [0.29, 0.717) is 11.7 Å². The summed E-state index contributed by atoms with van der Waals surface area (Å²) in [5.41, 5.74) is 1.76. The number of nitrogens with zero attached hydrogens (tertiary/aromatic N) is 2. The van der Waals surface area contributed by atoms with Crippen LogP contribution in [0.2, 0.25) is 0 Å². The number of aryl methyl sites for hydroxylation is 1. The molecule has 144 valence electrons. The Morgan fingerprint density at radius 1 is 1.22 bits per heavy atom. The van der Waals surface area contributed by atoms with E-state index in [0.717, 1.165) is 11.1 Å². The second-order valence-corrected chi connectivity index (χ2v) is 8.11. The summed E-state index contributed by atoms with van der Waals surface area (Å²) >= 11 is 1.25. The Bertz CT molecular complexity index is 882. The highest BCUT2D eigenvalue weighted by molar-refractivity contribution is 8.14. The predicted molar refractivity (Wildman–Crippen MR) is 109 cm³/mol. The molecule has 0 saturated carbocycles. The van der Waals surface area contributed by atoms with Crippen molar-refractivity contribution in [3.63, 3.8) is 0 Å². The third-order valence-corrected chi connectivity index (χ3v) is 5.61. The molecule has 0 aliphatic carbocycles. The molecule has 2 rings (SSSR count). The fourth-order valence-electron chi connectivity index (χ4n) is 2.17. The van der Waals surface area contributed by atoms with E-state index in [4.69, 9.17) is 4.74 Å². The van der Waals surface area contributed by atoms with Crippen LogP contribution in [-0.2, 0) is 19.6 Å². The number of hydrogen-bond donors (Lipinski definition) is 0. The molecular formula is C19H22N2O4S2. The largest absolute Gasteiger partial charge is 0.465 e. The topological polar surface area (TPSA) is 76.0 Å². The predicted octanol–water partition coefficient (Wildman–Crippen LogP) is 3.28. The molecule has 0 fully saturated rings. The summed E-state index contributed by atoms with van der Waals surface area (Å²) in [5, 5.41) is 0.374. The molecule has 0 saturated heterocycles. The Morgan fingerprint density at radius 2 is 1.85 bits per heavy atom. The van der Waals surface area contributed by atoms with Gasteiger partial charge in [0.15, 0.2) is 0 Å². The smallest absolute Gasteiger partial charge is 0.325 e. The number of allylic oxidation sites excluding steroid dienone is 3. The van der Waals surface area contributed by atoms with Gasteiger partial charge in [0.05, 0.1) is 11.5 Å². The molecule has 1 aromatic carbocycles. The molecule has 1 aliphatic heterocycles. The summed E-state index contributed by atoms with van der Waals surface area (Å²) in [6.45, 7) is 4.12. The third kappa shape index (κ3) is 6.41. The Morgan fingerprint density at radius 3 is 2.41 bits per heavy atom. The highest BCUT2D eigenvalue weighted by atomic mass is 32.2. The van der Waals surface area contributed by atoms with Gasteiger partial charge in [0.2, 0.25) is 0 Å². The molecule has 0 atom stereocenters. The van der Waals surface area contributed by atoms with Crippen molar-refractivity contribution in [2.24, 2.45) is 4.40 Å². The van der Waals surface area contributed by atoms with Gasteiger partial charge in [-0.15, -0.1) is 11.8 Å². The highest BCUT2D eigenvalue weighted by Gasteiger charge is 2.14. The van der Waals surface area contributed by atoms with Gasteiger partial charge in [0.25, 0.3) is 10.0 Å². The molecule has 1 aliphatic rings. The molecule has 0 radical (unpaired) electrons. The highest BCUT2D eigenvalue weighted by Crippen LogP contribution is 2.18. The van der Waals surface area contributed by atoms with Gasteiger partial charge in [-0.2, -0.15) is 12.8 Å². The lowest BCUT2D eigenvalue weighted by Gasteiger charge is -2.17. The van der Waals surface area contributed by atoms with Gasteiger partial charge >= 0.3 is 5.97 Å². The van der Waals surface area contributed by atoms with Gasteiger partial charge in [-0.1, -0.05) is 17.7 Å². The molecule has 6 nitrogen and oxygen atoms in total. The van der Waals surface area contributed by atoms with Crippen molar-refractivity contribution in [2.45, 2.75) is 18.7 Å². The molecule has 0 spiro atoms. The second kappa shape index (κ2) is 9.57. The molecule has 1 aromatic rings. The maximum Gasteiger partial charge on any atom is 0.325 e. The number of esters is 1. The average Bonchev–Trinajstić information content (AvgIpc) is 2.63. The standard InChI is InChI=1S/C19H22N2O4S2/c1-4-25-19(22)14-21-11-9-16(10-12-21)13-18(26-3)20-27(23,24)17-7-5-15(2)6-8-17/h5-13H,4,14H2,1-3H3/b20-18-. The van der Waals surface area contributed by atoms with E-state index in [2.05, 4.69) is 4.40 Å². The van der Waals surface area contributed by atoms with Crippen LogP contribution in [0.1, 0.15) is 12.5 Å². The minimum Gasteiger partial charge on any atom is -0.465 e. The first-order valence-electron chi connectivity index (χ1n) is 8.29. The molecule has 0 N–H and O–H groups in total. The van der Waals surface area contributed by atoms with E-state index in [-0.39, 0.29) is 17.4 Å². The van der Waals surface area contributed by atoms with E-state index in [1.165, 1.54) is 11.8 Å². The van der Waals surface area contributed by atoms with Gasteiger partial charge in [-0.05, 0) is 56.0 Å². The van der Waals surface area contributed by atoms with Crippen LogP contribution in [0.4, 0.5) is 0 Å². The summed E-state index contributed by atoms with van der Waals surface area (Å²) < 4.78 is 33.8. The molecule has 8 heteroatoms. The zero-order chi connectivity index (χ0) is 19.9. The molecular weight excluding hydrogens is 384 g/mol. The summed E-state index contributed by atoms with van der Waals surface area (Å²) in [5.74, 6) is -0.310. The van der Waals surface area contributed by atoms with E-state index < -0.39 is 10.0 Å². The van der Waals surface area contributed by atoms with Crippen molar-refractivity contribution in [2.75, 3.05) is 19.4 Å². The number of hydrogen-bond acceptors (Lipinski definition) is 6. The SMILES string of the molecule is CCOC(=O)CN1C=CC(=C/C(=N/S(=O)(=O)c2ccc(C)cc2)SC)C=C1. The molecule has 1 heterocycles. The fraction of sp³-hybridized carbons (Fsp3) is 0.263. The Kier molecular flexibility index (Phi) is 7.44. The van der Waals surface area contributed by atoms with Crippen LogP contribution in [-0.4, -0.2) is 43.7 Å². The van der Waals surface area contributed by atoms with Crippen molar-refractivity contribution in [3.05, 3.63) is 66.0 Å². The summed E-state index contributed by atoms with van der Waals surface area (Å²) in [7, 11) is -3.77. The number of rotatable bonds is 6. The van der Waals surface area contributed by atoms with Crippen LogP contribution in [0.25, 0.3) is 0 Å². The molecule has 0 aromatic heterocycles. The van der Waals surface area contributed by atoms with Crippen molar-refractivity contribution in [3.8, 4) is 0 Å². The normalized spacial score (nSPS) is 14.4. The van der Waals surface area contributed by atoms with E-state index in [1.54, 1.807) is 73.0 Å². The van der Waals surface area contributed by atoms with Gasteiger partial charge in [-0.3, -0.25) is 4.79 Å². The van der Waals surface area contributed by atoms with Gasteiger partial charge in [0, 0.05) is 12.4 Å². The van der Waals surface area contributed by atoms with Crippen molar-refractivity contribution in [1.29, 1.82) is 0 Å². The van der Waals surface area contributed by atoms with Crippen molar-refractivity contribution >= 4 is 32.8 Å². The minimum absolute atomic E-state index is 0.124. The van der Waals surface area contributed by atoms with Crippen molar-refractivity contribution < 1.29 is 17.9 Å². The lowest BCUT2D eigenvalue weighted by molar-refractivity contribution is -0.143. The number of sulfonamides is 1. The number of ether oxygens (including phenoxy) is 1. The minimum atomic E-state index is -3.77. The number of benzene rings is 1. The molecule has 0 bridgehead atoms. The molecule has 0 unspecified atom stereocenters. The maximum absolute atomic E-state index is 12.5. The Hall–Kier alpha value is -2.32. The van der Waals surface area contributed by atoms with Crippen LogP contribution >= 0.6 is 11.8 Å². The summed E-state index contributed by atoms with van der Waals surface area (Å²) in [6.07, 6.45) is 10.5. The summed E-state index contributed by atoms with van der Waals surface area (Å²) in [6, 6.07) is 6.58. The van der Waals surface area contributed by atoms with E-state index in [1.807, 2.05) is 6.92 Å². The number of carbonyl (C=O) groups is 1. The first-order chi connectivity index (χ1) is 12.8. The lowest BCUT2D eigenvalue weighted by atomic mass is 10.2. The first-order valence-corrected chi connectivity index (χ1v) is 11.0. The monoisotopic (exact) mass is 406 g/mol. The van der Waals surface area contributed by atoms with Gasteiger partial charge in [0.1, 0.15) is 11.6 Å². The number of thioether (sulfide) groups is 1. The van der Waals surface area contributed by atoms with Crippen LogP contribution in [0.5, 0.6) is 0 Å². The lowest BCUT2D eigenvalue weighted by Crippen LogP contribution is -2.23. The van der Waals surface area contributed by atoms with Gasteiger partial charge in [-0.25, -0.2) is 0 Å². The summed E-state index contributed by atoms with van der Waals surface area (Å²) in [4.78, 5) is 13.3. The van der Waals surface area contributed by atoms with Crippen LogP contribution in [0.15, 0.2) is 69.8 Å². The zero-order valence-electron chi connectivity index (χ0n) is 15.5. The number of carbonyl (C=O) groups excluding carboxylic acids is 1. The Balaban J connectivity index is 2.14. The first kappa shape index (κ1) is 21.0. The quantitative estimate of drug-likeness (QED) is 0.410. The average molecular weight is 407 g/mol. The second-order valence-electron chi connectivity index (χ2n) is 5.67. The van der Waals surface area contributed by atoms with Crippen molar-refractivity contribution in [1.82, 2.24) is 4.90 Å². The molecule has 27 heavy (non-hydrogen) atoms. The zero-order valence-corrected chi connectivity index (χ0v) is 17.1. The fourth-order valence-corrected chi connectivity index (χ4v) is 3.89. The van der Waals surface area contributed by atoms with Crippen LogP contribution < -0.4 is 0 Å². The third-order valence-electron chi connectivity index (χ3n) is 3.56. The van der Waals surface area contributed by atoms with Gasteiger partial charge < -0.3 is 9.64 Å². The van der Waals surface area contributed by atoms with Crippen LogP contribution in [0.3, 0.4) is 0 Å². The van der Waals surface area contributed by atoms with Crippen LogP contribution in [0, 0.1) is 6.92 Å². The van der Waals surface area contributed by atoms with E-state index >= 15 is 0 Å². The van der Waals surface area contributed by atoms with E-state index in [9.17, 15) is 13.2 Å².